The molecule has 212 valence electrons. The Morgan fingerprint density at radius 3 is 2.34 bits per heavy atom. The van der Waals surface area contributed by atoms with Crippen molar-refractivity contribution in [2.75, 3.05) is 0 Å². The molecule has 38 heavy (non-hydrogen) atoms. The number of aliphatic hydroxyl groups is 2. The number of hydrogen-bond donors (Lipinski definition) is 3. The van der Waals surface area contributed by atoms with Gasteiger partial charge in [0.1, 0.15) is 6.10 Å². The van der Waals surface area contributed by atoms with Crippen LogP contribution in [0.5, 0.6) is 0 Å². The third-order valence-corrected chi connectivity index (χ3v) is 11.9. The topological polar surface area (TPSA) is 104 Å². The van der Waals surface area contributed by atoms with Crippen molar-refractivity contribution in [3.8, 4) is 0 Å². The molecule has 6 nitrogen and oxygen atoms in total. The van der Waals surface area contributed by atoms with Crippen LogP contribution >= 0.6 is 0 Å². The van der Waals surface area contributed by atoms with Gasteiger partial charge in [0, 0.05) is 24.3 Å². The Bertz CT molecular complexity index is 1080. The summed E-state index contributed by atoms with van der Waals surface area (Å²) in [5, 5.41) is 31.9. The first kappa shape index (κ1) is 29.1. The second-order valence-corrected chi connectivity index (χ2v) is 13.9. The average molecular weight is 529 g/mol. The molecule has 6 heteroatoms. The monoisotopic (exact) mass is 528 g/mol. The zero-order chi connectivity index (χ0) is 28.4. The van der Waals surface area contributed by atoms with Gasteiger partial charge in [-0.25, -0.2) is 4.79 Å². The van der Waals surface area contributed by atoms with Gasteiger partial charge in [-0.1, -0.05) is 59.8 Å². The molecule has 0 bridgehead atoms. The third-order valence-electron chi connectivity index (χ3n) is 11.9. The molecule has 9 atom stereocenters. The average Bonchev–Trinajstić information content (AvgIpc) is 3.04. The maximum Gasteiger partial charge on any atom is 0.330 e. The van der Waals surface area contributed by atoms with Crippen LogP contribution in [0, 0.1) is 39.4 Å². The molecule has 4 aliphatic rings. The number of allylic oxidation sites excluding steroid dienone is 3. The van der Waals surface area contributed by atoms with Crippen molar-refractivity contribution in [1.29, 1.82) is 0 Å². The molecule has 0 radical (unpaired) electrons. The maximum absolute atomic E-state index is 12.0. The fraction of sp³-hybridized carbons (Fsp3) is 0.750. The summed E-state index contributed by atoms with van der Waals surface area (Å²) in [7, 11) is 0. The number of aliphatic hydroxyl groups excluding tert-OH is 2. The first-order valence-corrected chi connectivity index (χ1v) is 14.4. The summed E-state index contributed by atoms with van der Waals surface area (Å²) in [6.45, 7) is 16.3. The van der Waals surface area contributed by atoms with E-state index in [1.54, 1.807) is 13.0 Å². The minimum Gasteiger partial charge on any atom is -0.478 e. The van der Waals surface area contributed by atoms with E-state index in [4.69, 9.17) is 4.74 Å². The van der Waals surface area contributed by atoms with Crippen LogP contribution in [0.25, 0.3) is 0 Å². The first-order chi connectivity index (χ1) is 17.5. The van der Waals surface area contributed by atoms with Gasteiger partial charge in [0.2, 0.25) is 0 Å². The van der Waals surface area contributed by atoms with Crippen LogP contribution in [0.2, 0.25) is 0 Å². The molecule has 0 spiro atoms. The standard InChI is InChI=1S/C32H48O6/c1-18(28(36)37)9-11-24(38-20(3)33)19(2)23-17-27(35)32(8)22-10-12-25-29(4,5)26(34)14-15-30(25,6)21(22)13-16-31(23,32)7/h9-10,13,19,23-27,34-35H,11-12,14-17H2,1-8H3,(H,36,37)/b18-9-/t19-,23+,24-,25-,26+,27-,30+,31+,32+/m0/s1. The second-order valence-electron chi connectivity index (χ2n) is 13.9. The summed E-state index contributed by atoms with van der Waals surface area (Å²) < 4.78 is 5.76. The zero-order valence-electron chi connectivity index (χ0n) is 24.5. The van der Waals surface area contributed by atoms with Crippen molar-refractivity contribution in [2.45, 2.75) is 112 Å². The van der Waals surface area contributed by atoms with E-state index < -0.39 is 23.6 Å². The van der Waals surface area contributed by atoms with E-state index in [0.29, 0.717) is 18.8 Å². The predicted octanol–water partition coefficient (Wildman–Crippen LogP) is 5.83. The van der Waals surface area contributed by atoms with Crippen LogP contribution < -0.4 is 0 Å². The summed E-state index contributed by atoms with van der Waals surface area (Å²) >= 11 is 0. The molecule has 3 N–H and O–H groups in total. The van der Waals surface area contributed by atoms with Crippen LogP contribution in [0.15, 0.2) is 34.9 Å². The van der Waals surface area contributed by atoms with Gasteiger partial charge in [-0.15, -0.1) is 0 Å². The van der Waals surface area contributed by atoms with Gasteiger partial charge in [-0.2, -0.15) is 0 Å². The Hall–Kier alpha value is -1.92. The van der Waals surface area contributed by atoms with E-state index in [9.17, 15) is 24.9 Å². The normalized spacial score (nSPS) is 41.6. The summed E-state index contributed by atoms with van der Waals surface area (Å²) in [4.78, 5) is 23.4. The highest BCUT2D eigenvalue weighted by molar-refractivity contribution is 5.85. The van der Waals surface area contributed by atoms with Gasteiger partial charge in [-0.3, -0.25) is 4.79 Å². The van der Waals surface area contributed by atoms with Crippen LogP contribution in [-0.2, 0) is 14.3 Å². The Morgan fingerprint density at radius 2 is 1.74 bits per heavy atom. The quantitative estimate of drug-likeness (QED) is 0.296. The summed E-state index contributed by atoms with van der Waals surface area (Å²) in [6.07, 6.45) is 9.49. The molecule has 0 amide bonds. The van der Waals surface area contributed by atoms with Gasteiger partial charge in [0.25, 0.3) is 0 Å². The number of carboxylic acid groups (broad SMARTS) is 1. The van der Waals surface area contributed by atoms with Crippen molar-refractivity contribution in [3.63, 3.8) is 0 Å². The van der Waals surface area contributed by atoms with E-state index in [1.165, 1.54) is 18.1 Å². The lowest BCUT2D eigenvalue weighted by Crippen LogP contribution is -2.55. The number of hydrogen-bond acceptors (Lipinski definition) is 5. The highest BCUT2D eigenvalue weighted by Crippen LogP contribution is 2.71. The van der Waals surface area contributed by atoms with Crippen molar-refractivity contribution >= 4 is 11.9 Å². The molecule has 0 saturated heterocycles. The zero-order valence-corrected chi connectivity index (χ0v) is 24.5. The van der Waals surface area contributed by atoms with E-state index in [0.717, 1.165) is 25.7 Å². The summed E-state index contributed by atoms with van der Waals surface area (Å²) in [5.74, 6) is -0.998. The predicted molar refractivity (Wildman–Crippen MR) is 147 cm³/mol. The van der Waals surface area contributed by atoms with E-state index in [1.807, 2.05) is 0 Å². The Morgan fingerprint density at radius 1 is 1.08 bits per heavy atom. The van der Waals surface area contributed by atoms with Gasteiger partial charge < -0.3 is 20.1 Å². The Labute approximate surface area is 228 Å². The van der Waals surface area contributed by atoms with Gasteiger partial charge in [0.15, 0.2) is 0 Å². The lowest BCUT2D eigenvalue weighted by atomic mass is 9.44. The molecule has 0 aromatic rings. The minimum absolute atomic E-state index is 0.0417. The molecule has 0 heterocycles. The van der Waals surface area contributed by atoms with Crippen LogP contribution in [-0.4, -0.2) is 45.6 Å². The molecule has 0 aliphatic heterocycles. The largest absolute Gasteiger partial charge is 0.478 e. The SMILES string of the molecule is CC(=O)O[C@@H](C/C=C(/C)C(=O)O)[C@@H](C)[C@H]1C[C@H](O)[C@@]2(C)C3=CC[C@H]4C(C)(C)[C@H](O)CC[C@]4(C)C3=CC[C@]12C. The number of carboxylic acids is 1. The van der Waals surface area contributed by atoms with Crippen molar-refractivity contribution in [2.24, 2.45) is 39.4 Å². The van der Waals surface area contributed by atoms with Crippen molar-refractivity contribution < 1.29 is 29.6 Å². The van der Waals surface area contributed by atoms with Gasteiger partial charge in [0.05, 0.1) is 12.2 Å². The fourth-order valence-electron chi connectivity index (χ4n) is 9.09. The second kappa shape index (κ2) is 9.62. The first-order valence-electron chi connectivity index (χ1n) is 14.4. The van der Waals surface area contributed by atoms with E-state index >= 15 is 0 Å². The lowest BCUT2D eigenvalue weighted by molar-refractivity contribution is -0.151. The smallest absolute Gasteiger partial charge is 0.330 e. The number of rotatable bonds is 6. The number of ether oxygens (including phenoxy) is 1. The highest BCUT2D eigenvalue weighted by Gasteiger charge is 2.66. The Kier molecular flexibility index (Phi) is 7.36. The molecule has 2 fully saturated rings. The van der Waals surface area contributed by atoms with E-state index in [2.05, 4.69) is 53.7 Å². The third kappa shape index (κ3) is 4.13. The van der Waals surface area contributed by atoms with Gasteiger partial charge >= 0.3 is 11.9 Å². The number of carbonyl (C=O) groups excluding carboxylic acids is 1. The van der Waals surface area contributed by atoms with Crippen LogP contribution in [0.3, 0.4) is 0 Å². The van der Waals surface area contributed by atoms with E-state index in [-0.39, 0.29) is 45.7 Å². The summed E-state index contributed by atoms with van der Waals surface area (Å²) in [5.41, 5.74) is 1.94. The molecule has 4 aliphatic carbocycles. The molecule has 0 aromatic heterocycles. The Balaban J connectivity index is 1.72. The number of fused-ring (bicyclic) bond motifs is 5. The maximum atomic E-state index is 12.0. The molecular formula is C32H48O6. The molecular weight excluding hydrogens is 480 g/mol. The number of esters is 1. The molecule has 0 unspecified atom stereocenters. The van der Waals surface area contributed by atoms with Crippen molar-refractivity contribution in [1.82, 2.24) is 0 Å². The van der Waals surface area contributed by atoms with Crippen LogP contribution in [0.4, 0.5) is 0 Å². The molecule has 4 rings (SSSR count). The lowest BCUT2D eigenvalue weighted by Gasteiger charge is -2.61. The fourth-order valence-corrected chi connectivity index (χ4v) is 9.09. The molecule has 0 aromatic carbocycles. The minimum atomic E-state index is -0.977. The van der Waals surface area contributed by atoms with Crippen LogP contribution in [0.1, 0.15) is 93.9 Å². The highest BCUT2D eigenvalue weighted by atomic mass is 16.5. The summed E-state index contributed by atoms with van der Waals surface area (Å²) in [6, 6.07) is 0. The number of carbonyl (C=O) groups is 2. The van der Waals surface area contributed by atoms with Crippen molar-refractivity contribution in [3.05, 3.63) is 34.9 Å². The number of aliphatic carboxylic acids is 1. The molecule has 2 saturated carbocycles. The van der Waals surface area contributed by atoms with Gasteiger partial charge in [-0.05, 0) is 84.2 Å².